The average Bonchev–Trinajstić information content (AvgIpc) is 2.22. The summed E-state index contributed by atoms with van der Waals surface area (Å²) in [6, 6.07) is 1.34. The van der Waals surface area contributed by atoms with Crippen LogP contribution in [0.2, 0.25) is 19.1 Å². The van der Waals surface area contributed by atoms with Crippen LogP contribution in [-0.4, -0.2) is 33.3 Å². The van der Waals surface area contributed by atoms with Crippen molar-refractivity contribution in [2.24, 2.45) is 0 Å². The molecular formula is C9H24N2Si3. The van der Waals surface area contributed by atoms with Gasteiger partial charge in [-0.1, -0.05) is 37.8 Å². The van der Waals surface area contributed by atoms with Gasteiger partial charge in [0, 0.05) is 5.67 Å². The molecule has 0 fully saturated rings. The number of hydrogen-bond donors (Lipinski definition) is 2. The molecule has 0 aromatic heterocycles. The molecule has 0 heterocycles. The van der Waals surface area contributed by atoms with Crippen molar-refractivity contribution in [2.45, 2.75) is 31.7 Å². The fraction of sp³-hybridized carbons (Fsp3) is 0.556. The van der Waals surface area contributed by atoms with E-state index in [1.807, 2.05) is 0 Å². The summed E-state index contributed by atoms with van der Waals surface area (Å²) < 4.78 is 3.74. The normalized spacial score (nSPS) is 17.9. The molecule has 0 radical (unpaired) electrons. The highest BCUT2D eigenvalue weighted by Gasteiger charge is 2.09. The Morgan fingerprint density at radius 1 is 1.43 bits per heavy atom. The van der Waals surface area contributed by atoms with Gasteiger partial charge in [0.1, 0.15) is 18.6 Å². The molecule has 0 rings (SSSR count). The van der Waals surface area contributed by atoms with Crippen LogP contribution in [0.3, 0.4) is 0 Å². The van der Waals surface area contributed by atoms with Gasteiger partial charge in [-0.25, -0.2) is 0 Å². The Hall–Kier alpha value is 0.0506. The molecule has 14 heavy (non-hydrogen) atoms. The summed E-state index contributed by atoms with van der Waals surface area (Å²) in [5, 5.41) is 0. The molecule has 0 aromatic carbocycles. The monoisotopic (exact) mass is 244 g/mol. The fourth-order valence-corrected chi connectivity index (χ4v) is 7.57. The van der Waals surface area contributed by atoms with Crippen molar-refractivity contribution >= 4 is 27.6 Å². The van der Waals surface area contributed by atoms with Crippen LogP contribution >= 0.6 is 0 Å². The third-order valence-corrected chi connectivity index (χ3v) is 10.5. The molecule has 0 aliphatic carbocycles. The minimum absolute atomic E-state index is 0.216. The maximum atomic E-state index is 3.89. The maximum absolute atomic E-state index is 3.89. The SMILES string of the molecule is C=CC(N[SiH](C)C=C)[SiH2]N[SiH](C)CC. The van der Waals surface area contributed by atoms with Gasteiger partial charge in [-0.05, 0) is 0 Å². The standard InChI is InChI=1S/C9H24N2Si3/c1-6-9(10-13(4)7-2)12-11-14(5)8-3/h6-7,9-11,13-14H,1-2,8,12H2,3-5H3. The van der Waals surface area contributed by atoms with E-state index in [9.17, 15) is 0 Å². The number of hydrogen-bond acceptors (Lipinski definition) is 2. The molecule has 2 nitrogen and oxygen atoms in total. The first-order valence-corrected chi connectivity index (χ1v) is 11.9. The topological polar surface area (TPSA) is 24.1 Å². The predicted molar refractivity (Wildman–Crippen MR) is 75.5 cm³/mol. The van der Waals surface area contributed by atoms with Crippen LogP contribution in [0.15, 0.2) is 24.9 Å². The average molecular weight is 245 g/mol. The van der Waals surface area contributed by atoms with Gasteiger partial charge in [0.25, 0.3) is 0 Å². The van der Waals surface area contributed by atoms with Crippen molar-refractivity contribution < 1.29 is 0 Å². The van der Waals surface area contributed by atoms with E-state index < -0.39 is 17.9 Å². The van der Waals surface area contributed by atoms with Crippen molar-refractivity contribution in [3.8, 4) is 0 Å². The minimum Gasteiger partial charge on any atom is -0.365 e. The lowest BCUT2D eigenvalue weighted by atomic mass is 10.6. The van der Waals surface area contributed by atoms with Crippen LogP contribution in [0, 0.1) is 0 Å². The van der Waals surface area contributed by atoms with E-state index in [2.05, 4.69) is 54.6 Å². The molecule has 3 unspecified atom stereocenters. The fourth-order valence-electron chi connectivity index (χ4n) is 1.09. The van der Waals surface area contributed by atoms with Crippen LogP contribution < -0.4 is 9.63 Å². The lowest BCUT2D eigenvalue weighted by molar-refractivity contribution is 0.969. The predicted octanol–water partition coefficient (Wildman–Crippen LogP) is 0.214. The van der Waals surface area contributed by atoms with E-state index in [1.165, 1.54) is 6.04 Å². The second kappa shape index (κ2) is 8.37. The lowest BCUT2D eigenvalue weighted by Crippen LogP contribution is -2.49. The summed E-state index contributed by atoms with van der Waals surface area (Å²) >= 11 is 0. The zero-order chi connectivity index (χ0) is 11.0. The van der Waals surface area contributed by atoms with E-state index >= 15 is 0 Å². The maximum Gasteiger partial charge on any atom is 0.130 e. The summed E-state index contributed by atoms with van der Waals surface area (Å²) in [6.45, 7) is 14.6. The zero-order valence-electron chi connectivity index (χ0n) is 9.72. The molecule has 0 aliphatic heterocycles. The molecule has 0 saturated carbocycles. The molecule has 82 valence electrons. The largest absolute Gasteiger partial charge is 0.365 e. The van der Waals surface area contributed by atoms with Gasteiger partial charge >= 0.3 is 0 Å². The molecular weight excluding hydrogens is 220 g/mol. The van der Waals surface area contributed by atoms with Crippen LogP contribution in [-0.2, 0) is 0 Å². The first-order valence-electron chi connectivity index (χ1n) is 5.38. The van der Waals surface area contributed by atoms with Crippen molar-refractivity contribution in [3.05, 3.63) is 24.9 Å². The van der Waals surface area contributed by atoms with Crippen LogP contribution in [0.5, 0.6) is 0 Å². The van der Waals surface area contributed by atoms with E-state index in [0.29, 0.717) is 5.67 Å². The molecule has 0 saturated heterocycles. The van der Waals surface area contributed by atoms with Gasteiger partial charge in [-0.2, -0.15) is 0 Å². The first kappa shape index (κ1) is 14.1. The van der Waals surface area contributed by atoms with Gasteiger partial charge in [0.05, 0.1) is 8.96 Å². The summed E-state index contributed by atoms with van der Waals surface area (Å²) in [6.07, 6.45) is 2.06. The Kier molecular flexibility index (Phi) is 8.40. The van der Waals surface area contributed by atoms with Crippen LogP contribution in [0.1, 0.15) is 6.92 Å². The van der Waals surface area contributed by atoms with Crippen LogP contribution in [0.4, 0.5) is 0 Å². The number of rotatable bonds is 8. The third kappa shape index (κ3) is 6.50. The van der Waals surface area contributed by atoms with Crippen LogP contribution in [0.25, 0.3) is 0 Å². The van der Waals surface area contributed by atoms with E-state index in [-0.39, 0.29) is 9.68 Å². The van der Waals surface area contributed by atoms with E-state index in [1.54, 1.807) is 0 Å². The quantitative estimate of drug-likeness (QED) is 0.471. The molecule has 0 spiro atoms. The molecule has 0 amide bonds. The highest BCUT2D eigenvalue weighted by atomic mass is 28.3. The van der Waals surface area contributed by atoms with Crippen molar-refractivity contribution in [2.75, 3.05) is 0 Å². The molecule has 0 aromatic rings. The van der Waals surface area contributed by atoms with E-state index in [0.717, 1.165) is 0 Å². The summed E-state index contributed by atoms with van der Waals surface area (Å²) in [4.78, 5) is 3.62. The Bertz CT molecular complexity index is 175. The first-order chi connectivity index (χ1) is 6.63. The van der Waals surface area contributed by atoms with Gasteiger partial charge in [0.2, 0.25) is 0 Å². The van der Waals surface area contributed by atoms with Gasteiger partial charge in [0.15, 0.2) is 0 Å². The second-order valence-electron chi connectivity index (χ2n) is 3.75. The summed E-state index contributed by atoms with van der Waals surface area (Å²) in [7, 11) is -1.68. The van der Waals surface area contributed by atoms with Crippen molar-refractivity contribution in [1.82, 2.24) is 9.63 Å². The van der Waals surface area contributed by atoms with Gasteiger partial charge in [-0.15, -0.1) is 13.2 Å². The molecule has 0 bridgehead atoms. The molecule has 5 heteroatoms. The zero-order valence-corrected chi connectivity index (χ0v) is 13.4. The molecule has 3 atom stereocenters. The van der Waals surface area contributed by atoms with Crippen molar-refractivity contribution in [3.63, 3.8) is 0 Å². The lowest BCUT2D eigenvalue weighted by Gasteiger charge is -2.19. The molecule has 0 aliphatic rings. The molecule has 2 N–H and O–H groups in total. The second-order valence-corrected chi connectivity index (χ2v) is 11.7. The summed E-state index contributed by atoms with van der Waals surface area (Å²) in [5.41, 5.74) is 2.63. The highest BCUT2D eigenvalue weighted by Crippen LogP contribution is 1.88. The minimum atomic E-state index is -0.876. The van der Waals surface area contributed by atoms with E-state index in [4.69, 9.17) is 0 Å². The summed E-state index contributed by atoms with van der Waals surface area (Å²) in [5.74, 6) is 0. The Morgan fingerprint density at radius 3 is 2.50 bits per heavy atom. The smallest absolute Gasteiger partial charge is 0.130 e. The Morgan fingerprint density at radius 2 is 2.07 bits per heavy atom. The van der Waals surface area contributed by atoms with Crippen molar-refractivity contribution in [1.29, 1.82) is 0 Å². The Balaban J connectivity index is 3.79. The number of nitrogens with one attached hydrogen (secondary N) is 2. The Labute approximate surface area is 94.1 Å². The highest BCUT2D eigenvalue weighted by molar-refractivity contribution is 6.66. The van der Waals surface area contributed by atoms with Gasteiger partial charge in [-0.3, -0.25) is 0 Å². The van der Waals surface area contributed by atoms with Gasteiger partial charge < -0.3 is 9.63 Å². The third-order valence-electron chi connectivity index (χ3n) is 2.41.